The molecule has 0 saturated heterocycles. The van der Waals surface area contributed by atoms with Gasteiger partial charge in [-0.25, -0.2) is 4.79 Å². The number of carbonyl (C=O) groups is 5. The van der Waals surface area contributed by atoms with Crippen LogP contribution in [0.4, 0.5) is 4.79 Å². The standard InChI is InChI=1S/C34H49N5O7/c1-6-7-9-18-28(41)38-31(43)29(22(2)3)39-32(44)34(5,35)26(20-40)19-36-30(42)23(4)37-33(45)46-21-25-16-12-13-17-27(25)24-14-10-8-11-15-24/h8,10-17,22-23,26,29,40H,6-7,9,18-21,35H2,1-5H3,(H,36,42)(H,37,45)(H,39,44)(H,38,41,43)/t23-,26?,29?,34+/m0/s1. The number of aliphatic hydroxyl groups is 1. The molecular weight excluding hydrogens is 590 g/mol. The predicted octanol–water partition coefficient (Wildman–Crippen LogP) is 2.77. The fourth-order valence-corrected chi connectivity index (χ4v) is 4.65. The molecule has 2 aromatic rings. The lowest BCUT2D eigenvalue weighted by Gasteiger charge is -2.34. The molecule has 0 spiro atoms. The summed E-state index contributed by atoms with van der Waals surface area (Å²) in [5.74, 6) is -3.71. The Morgan fingerprint density at radius 1 is 0.913 bits per heavy atom. The van der Waals surface area contributed by atoms with E-state index in [0.717, 1.165) is 29.5 Å². The van der Waals surface area contributed by atoms with Crippen LogP contribution in [0.15, 0.2) is 54.6 Å². The van der Waals surface area contributed by atoms with Crippen molar-refractivity contribution in [2.45, 2.75) is 84.5 Å². The molecule has 4 atom stereocenters. The van der Waals surface area contributed by atoms with Gasteiger partial charge in [-0.05, 0) is 42.9 Å². The number of benzene rings is 2. The molecule has 0 heterocycles. The van der Waals surface area contributed by atoms with E-state index in [-0.39, 0.29) is 25.5 Å². The minimum absolute atomic E-state index is 0.0130. The van der Waals surface area contributed by atoms with E-state index in [2.05, 4.69) is 21.3 Å². The van der Waals surface area contributed by atoms with Gasteiger partial charge in [-0.2, -0.15) is 0 Å². The van der Waals surface area contributed by atoms with Gasteiger partial charge >= 0.3 is 6.09 Å². The van der Waals surface area contributed by atoms with E-state index in [1.54, 1.807) is 13.8 Å². The number of hydrogen-bond donors (Lipinski definition) is 6. The van der Waals surface area contributed by atoms with Gasteiger partial charge in [0.15, 0.2) is 0 Å². The van der Waals surface area contributed by atoms with Gasteiger partial charge in [-0.15, -0.1) is 0 Å². The summed E-state index contributed by atoms with van der Waals surface area (Å²) in [4.78, 5) is 63.4. The summed E-state index contributed by atoms with van der Waals surface area (Å²) in [6, 6.07) is 15.1. The molecule has 0 bridgehead atoms. The second-order valence-electron chi connectivity index (χ2n) is 11.9. The molecule has 0 fully saturated rings. The van der Waals surface area contributed by atoms with E-state index in [1.807, 2.05) is 61.5 Å². The smallest absolute Gasteiger partial charge is 0.408 e. The number of unbranched alkanes of at least 4 members (excludes halogenated alkanes) is 2. The van der Waals surface area contributed by atoms with Crippen molar-refractivity contribution in [1.82, 2.24) is 21.3 Å². The molecule has 12 heteroatoms. The monoisotopic (exact) mass is 639 g/mol. The van der Waals surface area contributed by atoms with Crippen LogP contribution in [0.2, 0.25) is 0 Å². The predicted molar refractivity (Wildman–Crippen MR) is 175 cm³/mol. The van der Waals surface area contributed by atoms with Crippen molar-refractivity contribution >= 4 is 29.7 Å². The van der Waals surface area contributed by atoms with Crippen LogP contribution in [0.5, 0.6) is 0 Å². The molecule has 5 amide bonds. The Labute approximate surface area is 271 Å². The third-order valence-corrected chi connectivity index (χ3v) is 7.77. The Hall–Kier alpha value is -4.29. The number of hydrogen-bond acceptors (Lipinski definition) is 8. The molecule has 7 N–H and O–H groups in total. The summed E-state index contributed by atoms with van der Waals surface area (Å²) in [6.07, 6.45) is 1.85. The van der Waals surface area contributed by atoms with Crippen LogP contribution in [0.1, 0.15) is 65.9 Å². The highest BCUT2D eigenvalue weighted by Gasteiger charge is 2.40. The molecule has 2 rings (SSSR count). The molecule has 0 aromatic heterocycles. The normalized spacial score (nSPS) is 14.3. The van der Waals surface area contributed by atoms with Crippen LogP contribution >= 0.6 is 0 Å². The zero-order chi connectivity index (χ0) is 34.3. The fourth-order valence-electron chi connectivity index (χ4n) is 4.65. The summed E-state index contributed by atoms with van der Waals surface area (Å²) in [5.41, 5.74) is 7.31. The first-order valence-corrected chi connectivity index (χ1v) is 15.7. The molecule has 0 radical (unpaired) electrons. The molecular formula is C34H49N5O7. The number of alkyl carbamates (subject to hydrolysis) is 1. The minimum Gasteiger partial charge on any atom is -0.445 e. The summed E-state index contributed by atoms with van der Waals surface area (Å²) in [7, 11) is 0. The van der Waals surface area contributed by atoms with Gasteiger partial charge in [-0.1, -0.05) is 88.2 Å². The molecule has 46 heavy (non-hydrogen) atoms. The van der Waals surface area contributed by atoms with Gasteiger partial charge < -0.3 is 31.5 Å². The quantitative estimate of drug-likeness (QED) is 0.143. The molecule has 252 valence electrons. The third kappa shape index (κ3) is 11.6. The molecule has 0 aliphatic heterocycles. The van der Waals surface area contributed by atoms with E-state index < -0.39 is 59.9 Å². The lowest BCUT2D eigenvalue weighted by molar-refractivity contribution is -0.137. The van der Waals surface area contributed by atoms with Crippen LogP contribution in [0, 0.1) is 11.8 Å². The Bertz CT molecular complexity index is 1320. The fraction of sp³-hybridized carbons (Fsp3) is 0.500. The third-order valence-electron chi connectivity index (χ3n) is 7.77. The first kappa shape index (κ1) is 37.9. The number of rotatable bonds is 17. The molecule has 0 aliphatic carbocycles. The zero-order valence-electron chi connectivity index (χ0n) is 27.4. The number of nitrogens with one attached hydrogen (secondary N) is 4. The topological polar surface area (TPSA) is 189 Å². The average molecular weight is 640 g/mol. The van der Waals surface area contributed by atoms with Gasteiger partial charge in [-0.3, -0.25) is 24.5 Å². The van der Waals surface area contributed by atoms with Crippen molar-refractivity contribution in [2.75, 3.05) is 13.2 Å². The van der Waals surface area contributed by atoms with E-state index in [0.29, 0.717) is 6.42 Å². The maximum atomic E-state index is 13.2. The highest BCUT2D eigenvalue weighted by Crippen LogP contribution is 2.24. The zero-order valence-corrected chi connectivity index (χ0v) is 27.4. The summed E-state index contributed by atoms with van der Waals surface area (Å²) in [6.45, 7) is 7.51. The largest absolute Gasteiger partial charge is 0.445 e. The minimum atomic E-state index is -1.71. The maximum Gasteiger partial charge on any atom is 0.408 e. The second-order valence-corrected chi connectivity index (χ2v) is 11.9. The van der Waals surface area contributed by atoms with Crippen molar-refractivity contribution in [3.8, 4) is 11.1 Å². The first-order chi connectivity index (χ1) is 21.8. The SMILES string of the molecule is CCCCCC(=O)NC(=O)C(NC(=O)[C@](C)(N)C(CO)CNC(=O)[C@H](C)NC(=O)OCc1ccccc1-c1ccccc1)C(C)C. The van der Waals surface area contributed by atoms with E-state index in [4.69, 9.17) is 10.5 Å². The Morgan fingerprint density at radius 2 is 1.57 bits per heavy atom. The average Bonchev–Trinajstić information content (AvgIpc) is 3.02. The van der Waals surface area contributed by atoms with Gasteiger partial charge in [0.25, 0.3) is 0 Å². The van der Waals surface area contributed by atoms with Crippen molar-refractivity contribution < 1.29 is 33.8 Å². The van der Waals surface area contributed by atoms with Crippen molar-refractivity contribution in [3.63, 3.8) is 0 Å². The summed E-state index contributed by atoms with van der Waals surface area (Å²) >= 11 is 0. The summed E-state index contributed by atoms with van der Waals surface area (Å²) < 4.78 is 5.37. The van der Waals surface area contributed by atoms with Gasteiger partial charge in [0, 0.05) is 25.5 Å². The first-order valence-electron chi connectivity index (χ1n) is 15.7. The van der Waals surface area contributed by atoms with Crippen molar-refractivity contribution in [2.24, 2.45) is 17.6 Å². The highest BCUT2D eigenvalue weighted by atomic mass is 16.5. The van der Waals surface area contributed by atoms with Gasteiger partial charge in [0.2, 0.25) is 23.6 Å². The number of carbonyl (C=O) groups excluding carboxylic acids is 5. The molecule has 2 aromatic carbocycles. The Balaban J connectivity index is 1.91. The Morgan fingerprint density at radius 3 is 2.20 bits per heavy atom. The number of aliphatic hydroxyl groups excluding tert-OH is 1. The summed E-state index contributed by atoms with van der Waals surface area (Å²) in [5, 5.41) is 20.0. The lowest BCUT2D eigenvalue weighted by atomic mass is 9.85. The van der Waals surface area contributed by atoms with Gasteiger partial charge in [0.1, 0.15) is 18.7 Å². The maximum absolute atomic E-state index is 13.2. The van der Waals surface area contributed by atoms with E-state index >= 15 is 0 Å². The van der Waals surface area contributed by atoms with Crippen LogP contribution < -0.4 is 27.0 Å². The van der Waals surface area contributed by atoms with Crippen LogP contribution in [0.3, 0.4) is 0 Å². The van der Waals surface area contributed by atoms with Gasteiger partial charge in [0.05, 0.1) is 5.54 Å². The molecule has 2 unspecified atom stereocenters. The Kier molecular flexibility index (Phi) is 15.3. The van der Waals surface area contributed by atoms with Crippen LogP contribution in [-0.4, -0.2) is 65.6 Å². The molecule has 0 saturated carbocycles. The van der Waals surface area contributed by atoms with Crippen molar-refractivity contribution in [1.29, 1.82) is 0 Å². The van der Waals surface area contributed by atoms with Crippen LogP contribution in [0.25, 0.3) is 11.1 Å². The number of ether oxygens (including phenoxy) is 1. The second kappa shape index (κ2) is 18.6. The van der Waals surface area contributed by atoms with E-state index in [9.17, 15) is 29.1 Å². The molecule has 0 aliphatic rings. The van der Waals surface area contributed by atoms with Crippen LogP contribution in [-0.2, 0) is 30.5 Å². The number of nitrogens with two attached hydrogens (primary N) is 1. The highest BCUT2D eigenvalue weighted by molar-refractivity contribution is 6.00. The van der Waals surface area contributed by atoms with Crippen molar-refractivity contribution in [3.05, 3.63) is 60.2 Å². The van der Waals surface area contributed by atoms with E-state index in [1.165, 1.54) is 13.8 Å². The lowest BCUT2D eigenvalue weighted by Crippen LogP contribution is -2.64. The number of imide groups is 1. The molecule has 12 nitrogen and oxygen atoms in total. The number of amides is 5.